The van der Waals surface area contributed by atoms with Crippen LogP contribution in [0.3, 0.4) is 0 Å². The van der Waals surface area contributed by atoms with Gasteiger partial charge < -0.3 is 9.88 Å². The van der Waals surface area contributed by atoms with Crippen molar-refractivity contribution in [2.75, 3.05) is 36.0 Å². The van der Waals surface area contributed by atoms with Crippen molar-refractivity contribution in [3.63, 3.8) is 0 Å². The standard InChI is InChI=1S/C19H23N3O3S2/c1-14-4-5-18-15(11-14)3-2-6-22(18)19(23)17-12-16(13-20-17)27(24,25)21-7-9-26-10-8-21/h4-5,11-13,20H,2-3,6-10H2,1H3. The van der Waals surface area contributed by atoms with E-state index in [1.165, 1.54) is 27.7 Å². The van der Waals surface area contributed by atoms with E-state index in [1.807, 2.05) is 19.1 Å². The van der Waals surface area contributed by atoms with Gasteiger partial charge in [0.25, 0.3) is 5.91 Å². The number of carbonyl (C=O) groups is 1. The minimum absolute atomic E-state index is 0.166. The summed E-state index contributed by atoms with van der Waals surface area (Å²) in [6.07, 6.45) is 3.29. The van der Waals surface area contributed by atoms with Gasteiger partial charge in [-0.3, -0.25) is 4.79 Å². The highest BCUT2D eigenvalue weighted by atomic mass is 32.2. The third-order valence-corrected chi connectivity index (χ3v) is 7.91. The van der Waals surface area contributed by atoms with Crippen LogP contribution in [0.15, 0.2) is 35.4 Å². The summed E-state index contributed by atoms with van der Waals surface area (Å²) in [5.41, 5.74) is 3.58. The van der Waals surface area contributed by atoms with E-state index in [0.29, 0.717) is 25.3 Å². The first-order chi connectivity index (χ1) is 13.0. The first-order valence-electron chi connectivity index (χ1n) is 9.14. The van der Waals surface area contributed by atoms with Crippen molar-refractivity contribution in [2.45, 2.75) is 24.7 Å². The van der Waals surface area contributed by atoms with Gasteiger partial charge in [-0.1, -0.05) is 17.7 Å². The van der Waals surface area contributed by atoms with Gasteiger partial charge in [0.2, 0.25) is 10.0 Å². The Hall–Kier alpha value is -1.77. The number of amides is 1. The molecule has 1 fully saturated rings. The number of benzene rings is 1. The number of nitrogens with one attached hydrogen (secondary N) is 1. The van der Waals surface area contributed by atoms with Crippen molar-refractivity contribution in [1.29, 1.82) is 0 Å². The number of anilines is 1. The molecule has 0 aliphatic carbocycles. The number of rotatable bonds is 3. The fraction of sp³-hybridized carbons (Fsp3) is 0.421. The van der Waals surface area contributed by atoms with Crippen molar-refractivity contribution in [3.8, 4) is 0 Å². The van der Waals surface area contributed by atoms with Crippen LogP contribution in [0.2, 0.25) is 0 Å². The second-order valence-corrected chi connectivity index (χ2v) is 10.1. The van der Waals surface area contributed by atoms with Crippen molar-refractivity contribution >= 4 is 33.4 Å². The molecule has 1 saturated heterocycles. The van der Waals surface area contributed by atoms with Crippen LogP contribution in [-0.2, 0) is 16.4 Å². The molecule has 27 heavy (non-hydrogen) atoms. The van der Waals surface area contributed by atoms with Crippen LogP contribution in [0.25, 0.3) is 0 Å². The van der Waals surface area contributed by atoms with Crippen LogP contribution in [0.1, 0.15) is 28.0 Å². The molecule has 0 bridgehead atoms. The Bertz CT molecular complexity index is 962. The summed E-state index contributed by atoms with van der Waals surface area (Å²) in [5.74, 6) is 1.43. The predicted molar refractivity (Wildman–Crippen MR) is 108 cm³/mol. The van der Waals surface area contributed by atoms with E-state index in [2.05, 4.69) is 11.1 Å². The minimum atomic E-state index is -3.55. The first-order valence-corrected chi connectivity index (χ1v) is 11.7. The molecule has 1 N–H and O–H groups in total. The topological polar surface area (TPSA) is 73.5 Å². The zero-order valence-corrected chi connectivity index (χ0v) is 16.9. The molecule has 1 amide bonds. The SMILES string of the molecule is Cc1ccc2c(c1)CCCN2C(=O)c1cc(S(=O)(=O)N2CCSCC2)c[nH]1. The van der Waals surface area contributed by atoms with Crippen LogP contribution >= 0.6 is 11.8 Å². The Morgan fingerprint density at radius 2 is 1.93 bits per heavy atom. The molecule has 4 rings (SSSR count). The highest BCUT2D eigenvalue weighted by Crippen LogP contribution is 2.30. The maximum absolute atomic E-state index is 13.0. The van der Waals surface area contributed by atoms with Crippen LogP contribution in [0, 0.1) is 6.92 Å². The molecular formula is C19H23N3O3S2. The Morgan fingerprint density at radius 1 is 1.15 bits per heavy atom. The first kappa shape index (κ1) is 18.6. The van der Waals surface area contributed by atoms with E-state index in [9.17, 15) is 13.2 Å². The Balaban J connectivity index is 1.60. The van der Waals surface area contributed by atoms with Crippen LogP contribution in [0.5, 0.6) is 0 Å². The highest BCUT2D eigenvalue weighted by Gasteiger charge is 2.30. The van der Waals surface area contributed by atoms with Gasteiger partial charge >= 0.3 is 0 Å². The van der Waals surface area contributed by atoms with Gasteiger partial charge in [-0.25, -0.2) is 8.42 Å². The molecule has 1 aromatic carbocycles. The van der Waals surface area contributed by atoms with E-state index in [4.69, 9.17) is 0 Å². The molecule has 6 nitrogen and oxygen atoms in total. The molecule has 2 aliphatic rings. The number of thioether (sulfide) groups is 1. The fourth-order valence-corrected chi connectivity index (χ4v) is 6.24. The smallest absolute Gasteiger partial charge is 0.274 e. The summed E-state index contributed by atoms with van der Waals surface area (Å²) in [6.45, 7) is 3.71. The summed E-state index contributed by atoms with van der Waals surface area (Å²) in [4.78, 5) is 17.8. The summed E-state index contributed by atoms with van der Waals surface area (Å²) in [6, 6.07) is 7.58. The number of carbonyl (C=O) groups excluding carboxylic acids is 1. The van der Waals surface area contributed by atoms with Gasteiger partial charge in [0.1, 0.15) is 10.6 Å². The maximum atomic E-state index is 13.0. The normalized spacial score (nSPS) is 18.3. The molecule has 0 radical (unpaired) electrons. The van der Waals surface area contributed by atoms with Gasteiger partial charge in [0.05, 0.1) is 0 Å². The lowest BCUT2D eigenvalue weighted by atomic mass is 9.99. The van der Waals surface area contributed by atoms with E-state index in [0.717, 1.165) is 30.0 Å². The zero-order chi connectivity index (χ0) is 19.0. The number of sulfonamides is 1. The summed E-state index contributed by atoms with van der Waals surface area (Å²) < 4.78 is 27.1. The van der Waals surface area contributed by atoms with E-state index < -0.39 is 10.0 Å². The second kappa shape index (κ2) is 7.33. The number of H-pyrrole nitrogens is 1. The summed E-state index contributed by atoms with van der Waals surface area (Å²) in [5, 5.41) is 0. The lowest BCUT2D eigenvalue weighted by Gasteiger charge is -2.29. The zero-order valence-electron chi connectivity index (χ0n) is 15.3. The largest absolute Gasteiger partial charge is 0.356 e. The molecule has 2 aromatic rings. The molecule has 0 unspecified atom stereocenters. The molecule has 1 aromatic heterocycles. The molecule has 8 heteroatoms. The summed E-state index contributed by atoms with van der Waals surface area (Å²) in [7, 11) is -3.55. The quantitative estimate of drug-likeness (QED) is 0.852. The predicted octanol–water partition coefficient (Wildman–Crippen LogP) is 2.65. The van der Waals surface area contributed by atoms with Gasteiger partial charge in [-0.2, -0.15) is 16.1 Å². The van der Waals surface area contributed by atoms with E-state index in [1.54, 1.807) is 16.7 Å². The molecule has 2 aliphatic heterocycles. The average Bonchev–Trinajstić information content (AvgIpc) is 3.18. The van der Waals surface area contributed by atoms with Gasteiger partial charge in [0, 0.05) is 43.0 Å². The van der Waals surface area contributed by atoms with Gasteiger partial charge in [-0.05, 0) is 37.5 Å². The number of hydrogen-bond acceptors (Lipinski definition) is 4. The van der Waals surface area contributed by atoms with Crippen LogP contribution in [0.4, 0.5) is 5.69 Å². The Kier molecular flexibility index (Phi) is 5.05. The highest BCUT2D eigenvalue weighted by molar-refractivity contribution is 7.99. The maximum Gasteiger partial charge on any atom is 0.274 e. The molecule has 144 valence electrons. The minimum Gasteiger partial charge on any atom is -0.356 e. The molecular weight excluding hydrogens is 382 g/mol. The van der Waals surface area contributed by atoms with Crippen molar-refractivity contribution in [3.05, 3.63) is 47.3 Å². The molecule has 0 atom stereocenters. The number of aromatic nitrogens is 1. The number of aromatic amines is 1. The Labute approximate surface area is 164 Å². The Morgan fingerprint density at radius 3 is 2.70 bits per heavy atom. The van der Waals surface area contributed by atoms with Gasteiger partial charge in [-0.15, -0.1) is 0 Å². The average molecular weight is 406 g/mol. The van der Waals surface area contributed by atoms with Crippen molar-refractivity contribution in [1.82, 2.24) is 9.29 Å². The molecule has 0 spiro atoms. The van der Waals surface area contributed by atoms with Crippen LogP contribution < -0.4 is 4.90 Å². The van der Waals surface area contributed by atoms with Crippen molar-refractivity contribution in [2.24, 2.45) is 0 Å². The fourth-order valence-electron chi connectivity index (χ4n) is 3.67. The molecule has 0 saturated carbocycles. The third kappa shape index (κ3) is 3.53. The number of hydrogen-bond donors (Lipinski definition) is 1. The van der Waals surface area contributed by atoms with Crippen LogP contribution in [-0.4, -0.2) is 54.8 Å². The van der Waals surface area contributed by atoms with Gasteiger partial charge in [0.15, 0.2) is 0 Å². The van der Waals surface area contributed by atoms with E-state index >= 15 is 0 Å². The summed E-state index contributed by atoms with van der Waals surface area (Å²) >= 11 is 1.76. The number of aryl methyl sites for hydroxylation is 2. The van der Waals surface area contributed by atoms with Crippen molar-refractivity contribution < 1.29 is 13.2 Å². The lowest BCUT2D eigenvalue weighted by Crippen LogP contribution is -2.37. The number of fused-ring (bicyclic) bond motifs is 1. The van der Waals surface area contributed by atoms with E-state index in [-0.39, 0.29) is 10.8 Å². The third-order valence-electron chi connectivity index (χ3n) is 5.09. The monoisotopic (exact) mass is 405 g/mol. The lowest BCUT2D eigenvalue weighted by molar-refractivity contribution is 0.0981. The second-order valence-electron chi connectivity index (χ2n) is 6.96. The number of nitrogens with zero attached hydrogens (tertiary/aromatic N) is 2. The molecule has 3 heterocycles.